The molecule has 0 spiro atoms. The average Bonchev–Trinajstić information content (AvgIpc) is 2.96. The van der Waals surface area contributed by atoms with Gasteiger partial charge in [0, 0.05) is 6.61 Å². The number of ether oxygens (including phenoxy) is 2. The van der Waals surface area contributed by atoms with Crippen LogP contribution in [0.15, 0.2) is 12.2 Å². The third-order valence-electron chi connectivity index (χ3n) is 4.47. The zero-order valence-electron chi connectivity index (χ0n) is 15.1. The summed E-state index contributed by atoms with van der Waals surface area (Å²) in [6, 6.07) is 0. The lowest BCUT2D eigenvalue weighted by Gasteiger charge is -2.20. The molecule has 24 heavy (non-hydrogen) atoms. The molecule has 1 aliphatic rings. The summed E-state index contributed by atoms with van der Waals surface area (Å²) in [5.41, 5.74) is 0. The maximum atomic E-state index is 9.99. The van der Waals surface area contributed by atoms with Crippen molar-refractivity contribution in [3.63, 3.8) is 0 Å². The molecule has 0 aliphatic carbocycles. The SMILES string of the molecule is CCCCCCCC/C=C/CCCO[C@@H]1CO[C@H]([C@@H](O)CO)[C@@H]1O. The summed E-state index contributed by atoms with van der Waals surface area (Å²) in [5.74, 6) is 0. The van der Waals surface area contributed by atoms with E-state index in [2.05, 4.69) is 19.1 Å². The molecular weight excluding hydrogens is 308 g/mol. The molecule has 4 atom stereocenters. The first-order valence-electron chi connectivity index (χ1n) is 9.55. The maximum absolute atomic E-state index is 9.99. The Kier molecular flexibility index (Phi) is 12.4. The maximum Gasteiger partial charge on any atom is 0.114 e. The van der Waals surface area contributed by atoms with Gasteiger partial charge in [0.25, 0.3) is 0 Å². The highest BCUT2D eigenvalue weighted by Crippen LogP contribution is 2.20. The van der Waals surface area contributed by atoms with Crippen molar-refractivity contribution in [1.82, 2.24) is 0 Å². The Morgan fingerprint density at radius 2 is 1.75 bits per heavy atom. The van der Waals surface area contributed by atoms with Gasteiger partial charge in [-0.05, 0) is 25.7 Å². The first-order valence-corrected chi connectivity index (χ1v) is 9.55. The van der Waals surface area contributed by atoms with E-state index in [-0.39, 0.29) is 6.61 Å². The third kappa shape index (κ3) is 8.58. The van der Waals surface area contributed by atoms with E-state index in [0.717, 1.165) is 19.3 Å². The zero-order valence-corrected chi connectivity index (χ0v) is 15.1. The van der Waals surface area contributed by atoms with Crippen LogP contribution < -0.4 is 0 Å². The predicted octanol–water partition coefficient (Wildman–Crippen LogP) is 2.57. The summed E-state index contributed by atoms with van der Waals surface area (Å²) in [5, 5.41) is 28.4. The fourth-order valence-electron chi connectivity index (χ4n) is 2.92. The molecule has 1 fully saturated rings. The second-order valence-corrected chi connectivity index (χ2v) is 6.62. The van der Waals surface area contributed by atoms with Crippen LogP contribution in [0.1, 0.15) is 64.7 Å². The van der Waals surface area contributed by atoms with Gasteiger partial charge in [-0.25, -0.2) is 0 Å². The molecule has 3 N–H and O–H groups in total. The van der Waals surface area contributed by atoms with Gasteiger partial charge in [0.15, 0.2) is 0 Å². The van der Waals surface area contributed by atoms with Crippen LogP contribution in [0, 0.1) is 0 Å². The minimum absolute atomic E-state index is 0.261. The molecule has 0 aromatic carbocycles. The summed E-state index contributed by atoms with van der Waals surface area (Å²) in [6.07, 6.45) is 12.4. The molecule has 0 radical (unpaired) electrons. The van der Waals surface area contributed by atoms with Crippen molar-refractivity contribution < 1.29 is 24.8 Å². The van der Waals surface area contributed by atoms with Crippen molar-refractivity contribution in [1.29, 1.82) is 0 Å². The van der Waals surface area contributed by atoms with Crippen LogP contribution in [0.3, 0.4) is 0 Å². The van der Waals surface area contributed by atoms with E-state index in [1.54, 1.807) is 0 Å². The molecule has 5 nitrogen and oxygen atoms in total. The van der Waals surface area contributed by atoms with Gasteiger partial charge in [-0.1, -0.05) is 51.2 Å². The normalized spacial score (nSPS) is 25.6. The van der Waals surface area contributed by atoms with E-state index in [0.29, 0.717) is 6.61 Å². The number of allylic oxidation sites excluding steroid dienone is 2. The molecule has 0 saturated carbocycles. The van der Waals surface area contributed by atoms with Gasteiger partial charge in [0.2, 0.25) is 0 Å². The second kappa shape index (κ2) is 13.8. The van der Waals surface area contributed by atoms with Gasteiger partial charge in [-0.15, -0.1) is 0 Å². The quantitative estimate of drug-likeness (QED) is 0.333. The fourth-order valence-corrected chi connectivity index (χ4v) is 2.92. The van der Waals surface area contributed by atoms with E-state index >= 15 is 0 Å². The number of rotatable bonds is 14. The Balaban J connectivity index is 1.96. The summed E-state index contributed by atoms with van der Waals surface area (Å²) in [7, 11) is 0. The number of aliphatic hydroxyl groups excluding tert-OH is 3. The van der Waals surface area contributed by atoms with Crippen LogP contribution in [0.25, 0.3) is 0 Å². The highest BCUT2D eigenvalue weighted by atomic mass is 16.6. The summed E-state index contributed by atoms with van der Waals surface area (Å²) >= 11 is 0. The third-order valence-corrected chi connectivity index (χ3v) is 4.47. The minimum Gasteiger partial charge on any atom is -0.394 e. The van der Waals surface area contributed by atoms with Crippen LogP contribution in [0.2, 0.25) is 0 Å². The van der Waals surface area contributed by atoms with E-state index in [1.807, 2.05) is 0 Å². The van der Waals surface area contributed by atoms with Gasteiger partial charge in [0.1, 0.15) is 24.4 Å². The lowest BCUT2D eigenvalue weighted by molar-refractivity contribution is -0.0729. The number of aliphatic hydroxyl groups is 3. The first-order chi connectivity index (χ1) is 11.7. The molecule has 1 rings (SSSR count). The highest BCUT2D eigenvalue weighted by Gasteiger charge is 2.40. The largest absolute Gasteiger partial charge is 0.394 e. The number of hydrogen-bond donors (Lipinski definition) is 3. The Morgan fingerprint density at radius 3 is 2.46 bits per heavy atom. The molecule has 1 saturated heterocycles. The van der Waals surface area contributed by atoms with Crippen molar-refractivity contribution in [3.05, 3.63) is 12.2 Å². The zero-order chi connectivity index (χ0) is 17.6. The van der Waals surface area contributed by atoms with E-state index in [9.17, 15) is 10.2 Å². The van der Waals surface area contributed by atoms with Crippen LogP contribution >= 0.6 is 0 Å². The molecule has 1 heterocycles. The van der Waals surface area contributed by atoms with Gasteiger partial charge >= 0.3 is 0 Å². The Labute approximate surface area is 146 Å². The summed E-state index contributed by atoms with van der Waals surface area (Å²) in [6.45, 7) is 2.65. The van der Waals surface area contributed by atoms with Gasteiger partial charge in [-0.3, -0.25) is 0 Å². The second-order valence-electron chi connectivity index (χ2n) is 6.62. The smallest absolute Gasteiger partial charge is 0.114 e. The van der Waals surface area contributed by atoms with Gasteiger partial charge < -0.3 is 24.8 Å². The van der Waals surface area contributed by atoms with Crippen molar-refractivity contribution in [2.24, 2.45) is 0 Å². The van der Waals surface area contributed by atoms with E-state index in [4.69, 9.17) is 14.6 Å². The molecule has 5 heteroatoms. The average molecular weight is 344 g/mol. The lowest BCUT2D eigenvalue weighted by Crippen LogP contribution is -2.41. The first kappa shape index (κ1) is 21.6. The van der Waals surface area contributed by atoms with Crippen LogP contribution in [-0.2, 0) is 9.47 Å². The number of unbranched alkanes of at least 4 members (excludes halogenated alkanes) is 7. The van der Waals surface area contributed by atoms with Crippen LogP contribution in [-0.4, -0.2) is 59.6 Å². The standard InChI is InChI=1S/C19H36O5/c1-2-3-4-5-6-7-8-9-10-11-12-13-23-17-15-24-19(18(17)22)16(21)14-20/h9-10,16-22H,2-8,11-15H2,1H3/b10-9+/t16-,17+,18+,19+/m0/s1. The molecule has 0 aromatic rings. The molecule has 0 aromatic heterocycles. The molecule has 1 aliphatic heterocycles. The number of hydrogen-bond acceptors (Lipinski definition) is 5. The van der Waals surface area contributed by atoms with Crippen molar-refractivity contribution in [3.8, 4) is 0 Å². The minimum atomic E-state index is -1.06. The van der Waals surface area contributed by atoms with Crippen molar-refractivity contribution in [2.45, 2.75) is 89.1 Å². The monoisotopic (exact) mass is 344 g/mol. The van der Waals surface area contributed by atoms with E-state index in [1.165, 1.54) is 38.5 Å². The molecule has 0 amide bonds. The Morgan fingerprint density at radius 1 is 1.08 bits per heavy atom. The fraction of sp³-hybridized carbons (Fsp3) is 0.895. The van der Waals surface area contributed by atoms with Crippen molar-refractivity contribution in [2.75, 3.05) is 19.8 Å². The van der Waals surface area contributed by atoms with Crippen LogP contribution in [0.4, 0.5) is 0 Å². The predicted molar refractivity (Wildman–Crippen MR) is 94.9 cm³/mol. The highest BCUT2D eigenvalue weighted by molar-refractivity contribution is 4.89. The topological polar surface area (TPSA) is 79.2 Å². The molecule has 0 unspecified atom stereocenters. The van der Waals surface area contributed by atoms with Crippen LogP contribution in [0.5, 0.6) is 0 Å². The van der Waals surface area contributed by atoms with E-state index < -0.39 is 31.0 Å². The molecule has 142 valence electrons. The Hall–Kier alpha value is -0.460. The summed E-state index contributed by atoms with van der Waals surface area (Å²) in [4.78, 5) is 0. The molecular formula is C19H36O5. The molecule has 0 bridgehead atoms. The van der Waals surface area contributed by atoms with Gasteiger partial charge in [-0.2, -0.15) is 0 Å². The summed E-state index contributed by atoms with van der Waals surface area (Å²) < 4.78 is 10.9. The van der Waals surface area contributed by atoms with Gasteiger partial charge in [0.05, 0.1) is 13.2 Å². The van der Waals surface area contributed by atoms with Crippen molar-refractivity contribution >= 4 is 0 Å². The lowest BCUT2D eigenvalue weighted by atomic mass is 10.1. The Bertz CT molecular complexity index is 321.